The van der Waals surface area contributed by atoms with Gasteiger partial charge in [-0.2, -0.15) is 0 Å². The molecule has 1 N–H and O–H groups in total. The number of hydrogen-bond acceptors (Lipinski definition) is 2. The molecule has 3 atom stereocenters. The molecule has 0 spiro atoms. The number of nitrogens with one attached hydrogen (secondary N) is 1. The van der Waals surface area contributed by atoms with Crippen LogP contribution in [0.5, 0.6) is 0 Å². The number of halogens is 4. The number of alkyl halides is 1. The van der Waals surface area contributed by atoms with Crippen LogP contribution in [0.4, 0.5) is 15.8 Å². The third-order valence-electron chi connectivity index (χ3n) is 6.49. The molecule has 34 heavy (non-hydrogen) atoms. The number of nitrogens with zero attached hydrogens (tertiary/aromatic N) is 1. The first-order chi connectivity index (χ1) is 16.0. The Morgan fingerprint density at radius 2 is 1.65 bits per heavy atom. The second-order valence-electron chi connectivity index (χ2n) is 8.97. The van der Waals surface area contributed by atoms with Crippen molar-refractivity contribution in [2.45, 2.75) is 24.6 Å². The van der Waals surface area contributed by atoms with E-state index in [-0.39, 0.29) is 11.8 Å². The molecular weight excluding hydrogens is 490 g/mol. The molecule has 6 heteroatoms. The minimum atomic E-state index is -0.582. The summed E-state index contributed by atoms with van der Waals surface area (Å²) in [7, 11) is 1.87. The van der Waals surface area contributed by atoms with Crippen LogP contribution in [0.2, 0.25) is 10.0 Å². The average Bonchev–Trinajstić information content (AvgIpc) is 3.36. The maximum atomic E-state index is 15.6. The van der Waals surface area contributed by atoms with Crippen molar-refractivity contribution in [1.29, 1.82) is 0 Å². The minimum absolute atomic E-state index is 0.0424. The highest BCUT2D eigenvalue weighted by Crippen LogP contribution is 2.65. The number of aryl methyl sites for hydroxylation is 1. The molecule has 3 aromatic carbocycles. The standard InChI is InChI=1S/C28H26Cl3FN2/c1-16-9-11-22(12-10-16)34(5)18(3)23-7-6-8-24(27(23)32)33-17(2)25-26(28(25,4)31)19-13-20(29)15-21(30)14-19/h6-15,25-26,33H,2-3H2,1,4-5H3. The number of hydrogen-bond donors (Lipinski definition) is 1. The van der Waals surface area contributed by atoms with Crippen molar-refractivity contribution in [1.82, 2.24) is 0 Å². The van der Waals surface area contributed by atoms with Gasteiger partial charge in [-0.1, -0.05) is 60.1 Å². The van der Waals surface area contributed by atoms with Crippen molar-refractivity contribution in [3.8, 4) is 0 Å². The van der Waals surface area contributed by atoms with E-state index in [1.807, 2.05) is 62.2 Å². The Bertz CT molecular complexity index is 1250. The summed E-state index contributed by atoms with van der Waals surface area (Å²) in [5, 5.41) is 4.26. The zero-order chi connectivity index (χ0) is 24.8. The Labute approximate surface area is 215 Å². The third kappa shape index (κ3) is 4.70. The lowest BCUT2D eigenvalue weighted by Crippen LogP contribution is -2.16. The summed E-state index contributed by atoms with van der Waals surface area (Å²) < 4.78 is 15.6. The van der Waals surface area contributed by atoms with Gasteiger partial charge in [0.15, 0.2) is 5.82 Å². The molecule has 3 aromatic rings. The normalized spacial score (nSPS) is 21.1. The van der Waals surface area contributed by atoms with E-state index in [9.17, 15) is 0 Å². The Morgan fingerprint density at radius 3 is 2.26 bits per heavy atom. The molecule has 0 heterocycles. The molecule has 1 fully saturated rings. The molecule has 3 unspecified atom stereocenters. The van der Waals surface area contributed by atoms with E-state index in [2.05, 4.69) is 18.5 Å². The van der Waals surface area contributed by atoms with Crippen molar-refractivity contribution in [3.05, 3.63) is 112 Å². The number of benzene rings is 3. The highest BCUT2D eigenvalue weighted by atomic mass is 35.5. The summed E-state index contributed by atoms with van der Waals surface area (Å²) in [6.45, 7) is 12.3. The number of allylic oxidation sites excluding steroid dienone is 1. The second kappa shape index (κ2) is 9.30. The van der Waals surface area contributed by atoms with Gasteiger partial charge in [0.2, 0.25) is 0 Å². The van der Waals surface area contributed by atoms with Crippen molar-refractivity contribution >= 4 is 51.9 Å². The van der Waals surface area contributed by atoms with E-state index in [1.165, 1.54) is 0 Å². The summed E-state index contributed by atoms with van der Waals surface area (Å²) in [6.07, 6.45) is 0. The maximum Gasteiger partial charge on any atom is 0.155 e. The van der Waals surface area contributed by atoms with Crippen LogP contribution in [-0.2, 0) is 0 Å². The summed E-state index contributed by atoms with van der Waals surface area (Å²) >= 11 is 19.2. The highest BCUT2D eigenvalue weighted by molar-refractivity contribution is 6.34. The van der Waals surface area contributed by atoms with Crippen LogP contribution in [0.1, 0.15) is 29.5 Å². The zero-order valence-corrected chi connectivity index (χ0v) is 21.6. The first kappa shape index (κ1) is 24.7. The van der Waals surface area contributed by atoms with E-state index in [0.717, 1.165) is 16.8 Å². The topological polar surface area (TPSA) is 15.3 Å². The predicted molar refractivity (Wildman–Crippen MR) is 145 cm³/mol. The monoisotopic (exact) mass is 514 g/mol. The highest BCUT2D eigenvalue weighted by Gasteiger charge is 2.62. The van der Waals surface area contributed by atoms with Crippen molar-refractivity contribution in [2.75, 3.05) is 17.3 Å². The fourth-order valence-corrected chi connectivity index (χ4v) is 5.49. The van der Waals surface area contributed by atoms with Gasteiger partial charge in [0.25, 0.3) is 0 Å². The average molecular weight is 516 g/mol. The summed E-state index contributed by atoms with van der Waals surface area (Å²) in [6, 6.07) is 18.6. The molecule has 176 valence electrons. The van der Waals surface area contributed by atoms with Gasteiger partial charge in [-0.3, -0.25) is 0 Å². The Kier molecular flexibility index (Phi) is 6.74. The lowest BCUT2D eigenvalue weighted by Gasteiger charge is -2.23. The second-order valence-corrected chi connectivity index (χ2v) is 10.7. The lowest BCUT2D eigenvalue weighted by molar-refractivity contribution is 0.626. The van der Waals surface area contributed by atoms with E-state index >= 15 is 4.39 Å². The van der Waals surface area contributed by atoms with Gasteiger partial charge in [-0.25, -0.2) is 4.39 Å². The van der Waals surface area contributed by atoms with Gasteiger partial charge in [0.1, 0.15) is 0 Å². The SMILES string of the molecule is C=C(Nc1cccc(C(=C)N(C)c2ccc(C)cc2)c1F)C1C(c2cc(Cl)cc(Cl)c2)C1(C)Cl. The quantitative estimate of drug-likeness (QED) is 0.316. The lowest BCUT2D eigenvalue weighted by atomic mass is 10.1. The number of anilines is 2. The molecular formula is C28H26Cl3FN2. The van der Waals surface area contributed by atoms with Gasteiger partial charge in [0.05, 0.1) is 10.6 Å². The van der Waals surface area contributed by atoms with Crippen molar-refractivity contribution < 1.29 is 4.39 Å². The molecule has 0 aliphatic heterocycles. The molecule has 1 aliphatic carbocycles. The van der Waals surface area contributed by atoms with Crippen LogP contribution in [0.15, 0.2) is 79.5 Å². The third-order valence-corrected chi connectivity index (χ3v) is 7.40. The van der Waals surface area contributed by atoms with Crippen LogP contribution in [0.3, 0.4) is 0 Å². The fraction of sp³-hybridized carbons (Fsp3) is 0.214. The molecule has 0 bridgehead atoms. The van der Waals surface area contributed by atoms with E-state index in [1.54, 1.807) is 24.3 Å². The Hall–Kier alpha value is -2.46. The summed E-state index contributed by atoms with van der Waals surface area (Å²) in [5.41, 5.74) is 4.93. The van der Waals surface area contributed by atoms with Crippen LogP contribution < -0.4 is 10.2 Å². The Morgan fingerprint density at radius 1 is 1.03 bits per heavy atom. The first-order valence-corrected chi connectivity index (χ1v) is 12.0. The number of rotatable bonds is 7. The van der Waals surface area contributed by atoms with E-state index < -0.39 is 10.7 Å². The smallest absolute Gasteiger partial charge is 0.155 e. The van der Waals surface area contributed by atoms with Crippen LogP contribution in [0, 0.1) is 18.7 Å². The van der Waals surface area contributed by atoms with Gasteiger partial charge < -0.3 is 10.2 Å². The summed E-state index contributed by atoms with van der Waals surface area (Å²) in [5.74, 6) is -0.559. The molecule has 0 amide bonds. The molecule has 0 aromatic heterocycles. The Balaban J connectivity index is 1.54. The summed E-state index contributed by atoms with van der Waals surface area (Å²) in [4.78, 5) is 1.29. The fourth-order valence-electron chi connectivity index (χ4n) is 4.50. The molecule has 0 radical (unpaired) electrons. The molecule has 4 rings (SSSR count). The van der Waals surface area contributed by atoms with Gasteiger partial charge >= 0.3 is 0 Å². The first-order valence-electron chi connectivity index (χ1n) is 10.9. The molecule has 0 saturated heterocycles. The molecule has 2 nitrogen and oxygen atoms in total. The van der Waals surface area contributed by atoms with Crippen molar-refractivity contribution in [2.24, 2.45) is 5.92 Å². The molecule has 1 saturated carbocycles. The van der Waals surface area contributed by atoms with Gasteiger partial charge in [-0.15, -0.1) is 11.6 Å². The van der Waals surface area contributed by atoms with Gasteiger partial charge in [-0.05, 0) is 61.9 Å². The van der Waals surface area contributed by atoms with Crippen LogP contribution in [0.25, 0.3) is 5.70 Å². The predicted octanol–water partition coefficient (Wildman–Crippen LogP) is 8.88. The maximum absolute atomic E-state index is 15.6. The molecule has 1 aliphatic rings. The zero-order valence-electron chi connectivity index (χ0n) is 19.3. The van der Waals surface area contributed by atoms with Crippen molar-refractivity contribution in [3.63, 3.8) is 0 Å². The van der Waals surface area contributed by atoms with Crippen LogP contribution in [-0.4, -0.2) is 11.9 Å². The largest absolute Gasteiger partial charge is 0.357 e. The van der Waals surface area contributed by atoms with E-state index in [0.29, 0.717) is 32.7 Å². The van der Waals surface area contributed by atoms with Gasteiger partial charge in [0, 0.05) is 51.6 Å². The minimum Gasteiger partial charge on any atom is -0.357 e. The van der Waals surface area contributed by atoms with E-state index in [4.69, 9.17) is 34.8 Å². The van der Waals surface area contributed by atoms with Crippen LogP contribution >= 0.6 is 34.8 Å².